The van der Waals surface area contributed by atoms with E-state index < -0.39 is 17.3 Å². The van der Waals surface area contributed by atoms with Crippen LogP contribution in [0.4, 0.5) is 19.1 Å². The van der Waals surface area contributed by atoms with E-state index in [0.717, 1.165) is 12.1 Å². The molecule has 1 aliphatic carbocycles. The Balaban J connectivity index is 2.29. The molecule has 3 rings (SSSR count). The van der Waals surface area contributed by atoms with Crippen LogP contribution in [0.25, 0.3) is 10.9 Å². The van der Waals surface area contributed by atoms with Crippen molar-refractivity contribution in [2.75, 3.05) is 5.73 Å². The van der Waals surface area contributed by atoms with Crippen molar-refractivity contribution in [1.82, 2.24) is 9.97 Å². The molecule has 1 heterocycles. The number of anilines is 1. The number of benzene rings is 1. The third-order valence-electron chi connectivity index (χ3n) is 3.30. The number of nitrogens with zero attached hydrogens (tertiary/aromatic N) is 2. The normalized spacial score (nSPS) is 17.7. The van der Waals surface area contributed by atoms with Crippen LogP contribution < -0.4 is 11.5 Å². The topological polar surface area (TPSA) is 77.8 Å². The highest BCUT2D eigenvalue weighted by atomic mass is 19.4. The minimum atomic E-state index is -4.40. The molecule has 0 radical (unpaired) electrons. The lowest BCUT2D eigenvalue weighted by molar-refractivity contribution is -0.137. The van der Waals surface area contributed by atoms with Gasteiger partial charge in [-0.15, -0.1) is 0 Å². The van der Waals surface area contributed by atoms with Gasteiger partial charge in [0.1, 0.15) is 0 Å². The molecule has 0 atom stereocenters. The van der Waals surface area contributed by atoms with Crippen LogP contribution in [-0.4, -0.2) is 9.97 Å². The zero-order valence-electron chi connectivity index (χ0n) is 9.83. The van der Waals surface area contributed by atoms with E-state index in [1.165, 1.54) is 6.07 Å². The summed E-state index contributed by atoms with van der Waals surface area (Å²) in [7, 11) is 0. The van der Waals surface area contributed by atoms with Crippen LogP contribution >= 0.6 is 0 Å². The van der Waals surface area contributed by atoms with E-state index in [1.807, 2.05) is 0 Å². The van der Waals surface area contributed by atoms with Crippen molar-refractivity contribution < 1.29 is 13.2 Å². The average molecular weight is 268 g/mol. The molecule has 0 saturated heterocycles. The number of alkyl halides is 3. The van der Waals surface area contributed by atoms with E-state index >= 15 is 0 Å². The molecule has 0 bridgehead atoms. The van der Waals surface area contributed by atoms with Crippen molar-refractivity contribution in [3.8, 4) is 0 Å². The second-order valence-corrected chi connectivity index (χ2v) is 4.82. The number of fused-ring (bicyclic) bond motifs is 1. The summed E-state index contributed by atoms with van der Waals surface area (Å²) >= 11 is 0. The predicted octanol–water partition coefficient (Wildman–Crippen LogP) is 2.18. The molecule has 4 nitrogen and oxygen atoms in total. The SMILES string of the molecule is Nc1nc(C2(N)CC2)c2cc(C(F)(F)F)ccc2n1. The number of nitrogen functional groups attached to an aromatic ring is 1. The fourth-order valence-electron chi connectivity index (χ4n) is 2.07. The van der Waals surface area contributed by atoms with Gasteiger partial charge in [-0.2, -0.15) is 13.2 Å². The van der Waals surface area contributed by atoms with Crippen molar-refractivity contribution in [2.24, 2.45) is 5.73 Å². The summed E-state index contributed by atoms with van der Waals surface area (Å²) in [6.07, 6.45) is -3.03. The van der Waals surface area contributed by atoms with Gasteiger partial charge in [-0.25, -0.2) is 9.97 Å². The molecule has 1 aromatic heterocycles. The Morgan fingerprint density at radius 3 is 2.42 bits per heavy atom. The van der Waals surface area contributed by atoms with Crippen LogP contribution in [-0.2, 0) is 11.7 Å². The molecule has 2 aromatic rings. The van der Waals surface area contributed by atoms with E-state index in [9.17, 15) is 13.2 Å². The van der Waals surface area contributed by atoms with E-state index in [0.29, 0.717) is 29.4 Å². The van der Waals surface area contributed by atoms with Gasteiger partial charge >= 0.3 is 6.18 Å². The Morgan fingerprint density at radius 1 is 1.16 bits per heavy atom. The Bertz CT molecular complexity index is 662. The lowest BCUT2D eigenvalue weighted by Gasteiger charge is -2.14. The zero-order chi connectivity index (χ0) is 13.8. The lowest BCUT2D eigenvalue weighted by Crippen LogP contribution is -2.22. The summed E-state index contributed by atoms with van der Waals surface area (Å²) in [5.74, 6) is 0.0268. The maximum atomic E-state index is 12.7. The summed E-state index contributed by atoms with van der Waals surface area (Å²) in [6.45, 7) is 0. The first-order valence-electron chi connectivity index (χ1n) is 5.73. The van der Waals surface area contributed by atoms with Gasteiger partial charge < -0.3 is 11.5 Å². The van der Waals surface area contributed by atoms with Gasteiger partial charge in [-0.3, -0.25) is 0 Å². The van der Waals surface area contributed by atoms with Gasteiger partial charge in [0, 0.05) is 5.39 Å². The molecule has 0 unspecified atom stereocenters. The predicted molar refractivity (Wildman–Crippen MR) is 64.1 cm³/mol. The quantitative estimate of drug-likeness (QED) is 0.831. The van der Waals surface area contributed by atoms with Crippen LogP contribution in [0.2, 0.25) is 0 Å². The Hall–Kier alpha value is -1.89. The molecule has 100 valence electrons. The molecule has 7 heteroatoms. The smallest absolute Gasteiger partial charge is 0.368 e. The van der Waals surface area contributed by atoms with E-state index in [2.05, 4.69) is 9.97 Å². The van der Waals surface area contributed by atoms with Crippen LogP contribution in [0.1, 0.15) is 24.1 Å². The molecule has 1 fully saturated rings. The van der Waals surface area contributed by atoms with E-state index in [4.69, 9.17) is 11.5 Å². The minimum Gasteiger partial charge on any atom is -0.368 e. The van der Waals surface area contributed by atoms with E-state index in [-0.39, 0.29) is 5.95 Å². The summed E-state index contributed by atoms with van der Waals surface area (Å²) in [5.41, 5.74) is 11.0. The molecule has 4 N–H and O–H groups in total. The van der Waals surface area contributed by atoms with Gasteiger partial charge in [-0.05, 0) is 31.0 Å². The third kappa shape index (κ3) is 1.99. The average Bonchev–Trinajstić information content (AvgIpc) is 3.05. The highest BCUT2D eigenvalue weighted by Crippen LogP contribution is 2.45. The molecular formula is C12H11F3N4. The molecule has 0 aliphatic heterocycles. The Labute approximate surface area is 106 Å². The van der Waals surface area contributed by atoms with Crippen molar-refractivity contribution in [3.05, 3.63) is 29.5 Å². The molecule has 1 aliphatic rings. The van der Waals surface area contributed by atoms with Crippen molar-refractivity contribution in [2.45, 2.75) is 24.6 Å². The number of rotatable bonds is 1. The second-order valence-electron chi connectivity index (χ2n) is 4.82. The standard InChI is InChI=1S/C12H11F3N4/c13-12(14,15)6-1-2-8-7(5-6)9(11(17)3-4-11)19-10(16)18-8/h1-2,5H,3-4,17H2,(H2,16,18,19). The number of nitrogens with two attached hydrogens (primary N) is 2. The highest BCUT2D eigenvalue weighted by molar-refractivity contribution is 5.84. The van der Waals surface area contributed by atoms with Gasteiger partial charge in [0.05, 0.1) is 22.3 Å². The minimum absolute atomic E-state index is 0.0268. The fourth-order valence-corrected chi connectivity index (χ4v) is 2.07. The summed E-state index contributed by atoms with van der Waals surface area (Å²) in [5, 5.41) is 0.323. The first-order valence-corrected chi connectivity index (χ1v) is 5.73. The number of hydrogen-bond acceptors (Lipinski definition) is 4. The van der Waals surface area contributed by atoms with Crippen LogP contribution in [0.3, 0.4) is 0 Å². The maximum absolute atomic E-state index is 12.7. The van der Waals surface area contributed by atoms with Crippen LogP contribution in [0.5, 0.6) is 0 Å². The highest BCUT2D eigenvalue weighted by Gasteiger charge is 2.43. The first kappa shape index (κ1) is 12.2. The largest absolute Gasteiger partial charge is 0.416 e. The fraction of sp³-hybridized carbons (Fsp3) is 0.333. The van der Waals surface area contributed by atoms with Crippen molar-refractivity contribution >= 4 is 16.9 Å². The molecule has 1 aromatic carbocycles. The van der Waals surface area contributed by atoms with Crippen LogP contribution in [0, 0.1) is 0 Å². The monoisotopic (exact) mass is 268 g/mol. The van der Waals surface area contributed by atoms with Gasteiger partial charge in [0.2, 0.25) is 5.95 Å². The number of halogens is 3. The van der Waals surface area contributed by atoms with Crippen molar-refractivity contribution in [1.29, 1.82) is 0 Å². The first-order chi connectivity index (χ1) is 8.79. The summed E-state index contributed by atoms with van der Waals surface area (Å²) in [4.78, 5) is 7.98. The molecule has 0 amide bonds. The molecule has 0 spiro atoms. The summed E-state index contributed by atoms with van der Waals surface area (Å²) < 4.78 is 38.2. The molecule has 19 heavy (non-hydrogen) atoms. The summed E-state index contributed by atoms with van der Waals surface area (Å²) in [6, 6.07) is 3.32. The zero-order valence-corrected chi connectivity index (χ0v) is 9.83. The Kier molecular flexibility index (Phi) is 2.28. The van der Waals surface area contributed by atoms with Crippen molar-refractivity contribution in [3.63, 3.8) is 0 Å². The Morgan fingerprint density at radius 2 is 1.84 bits per heavy atom. The maximum Gasteiger partial charge on any atom is 0.416 e. The third-order valence-corrected chi connectivity index (χ3v) is 3.30. The second kappa shape index (κ2) is 3.57. The van der Waals surface area contributed by atoms with E-state index in [1.54, 1.807) is 0 Å². The van der Waals surface area contributed by atoms with Gasteiger partial charge in [-0.1, -0.05) is 0 Å². The molecular weight excluding hydrogens is 257 g/mol. The number of aromatic nitrogens is 2. The van der Waals surface area contributed by atoms with Crippen LogP contribution in [0.15, 0.2) is 18.2 Å². The van der Waals surface area contributed by atoms with Gasteiger partial charge in [0.15, 0.2) is 0 Å². The lowest BCUT2D eigenvalue weighted by atomic mass is 10.0. The number of hydrogen-bond donors (Lipinski definition) is 2. The van der Waals surface area contributed by atoms with Gasteiger partial charge in [0.25, 0.3) is 0 Å². The molecule has 1 saturated carbocycles.